The van der Waals surface area contributed by atoms with Crippen LogP contribution in [0.4, 0.5) is 5.69 Å². The summed E-state index contributed by atoms with van der Waals surface area (Å²) >= 11 is 0. The van der Waals surface area contributed by atoms with E-state index in [9.17, 15) is 35.4 Å². The molecule has 0 radical (unpaired) electrons. The number of nitro groups is 1. The van der Waals surface area contributed by atoms with Crippen molar-refractivity contribution in [3.05, 3.63) is 46.5 Å². The molecular formula is C12H11NO13S3. The molecule has 0 unspecified atom stereocenters. The molecule has 29 heavy (non-hydrogen) atoms. The zero-order valence-corrected chi connectivity index (χ0v) is 16.1. The van der Waals surface area contributed by atoms with Gasteiger partial charge in [-0.05, 0) is 12.1 Å². The Morgan fingerprint density at radius 2 is 1.24 bits per heavy atom. The van der Waals surface area contributed by atoms with E-state index in [1.54, 1.807) is 0 Å². The van der Waals surface area contributed by atoms with Gasteiger partial charge in [-0.2, -0.15) is 25.3 Å². The molecule has 0 fully saturated rings. The monoisotopic (exact) mass is 473 g/mol. The third kappa shape index (κ3) is 6.34. The topological polar surface area (TPSA) is 247 Å². The molecule has 2 aromatic carbocycles. The Labute approximate surface area is 163 Å². The molecule has 0 saturated heterocycles. The third-order valence-corrected chi connectivity index (χ3v) is 5.54. The number of para-hydroxylation sites is 1. The molecule has 160 valence electrons. The third-order valence-electron chi connectivity index (χ3n) is 2.94. The zero-order chi connectivity index (χ0) is 22.8. The van der Waals surface area contributed by atoms with E-state index in [-0.39, 0.29) is 0 Å². The summed E-state index contributed by atoms with van der Waals surface area (Å²) in [4.78, 5) is 6.53. The van der Waals surface area contributed by atoms with E-state index in [0.29, 0.717) is 12.1 Å². The molecule has 0 aromatic heterocycles. The largest absolute Gasteiger partial charge is 0.504 e. The Balaban J connectivity index is 0.000000296. The molecular weight excluding hydrogens is 462 g/mol. The summed E-state index contributed by atoms with van der Waals surface area (Å²) in [5.41, 5.74) is -0.634. The van der Waals surface area contributed by atoms with Crippen LogP contribution < -0.4 is 0 Å². The van der Waals surface area contributed by atoms with Gasteiger partial charge in [0, 0.05) is 12.1 Å². The summed E-state index contributed by atoms with van der Waals surface area (Å²) in [7, 11) is -14.2. The van der Waals surface area contributed by atoms with Gasteiger partial charge in [0.05, 0.1) is 9.82 Å². The van der Waals surface area contributed by atoms with Crippen LogP contribution in [0.5, 0.6) is 11.5 Å². The number of hydrogen-bond acceptors (Lipinski definition) is 10. The standard InChI is InChI=1S/C6H5NO5S.C6H6O8S2/c8-7(9)5-3-1-2-4-6(5)13(10,11)12;7-4-1-3(15(9,10)11)2-5(6(4)8)16(12,13)14/h1-4H,(H,10,11,12);1-2,7-8H,(H,9,10,11)(H,12,13,14). The molecule has 0 amide bonds. The first-order valence-corrected chi connectivity index (χ1v) is 11.0. The van der Waals surface area contributed by atoms with E-state index in [1.165, 1.54) is 12.1 Å². The quantitative estimate of drug-likeness (QED) is 0.175. The van der Waals surface area contributed by atoms with Gasteiger partial charge in [-0.15, -0.1) is 0 Å². The van der Waals surface area contributed by atoms with Crippen LogP contribution >= 0.6 is 0 Å². The minimum Gasteiger partial charge on any atom is -0.504 e. The number of phenolic OH excluding ortho intramolecular Hbond substituents is 2. The second kappa shape index (κ2) is 8.27. The van der Waals surface area contributed by atoms with Crippen LogP contribution in [-0.2, 0) is 30.4 Å². The first kappa shape index (κ1) is 24.2. The summed E-state index contributed by atoms with van der Waals surface area (Å²) in [5, 5.41) is 28.4. The van der Waals surface area contributed by atoms with Crippen molar-refractivity contribution < 1.29 is 54.0 Å². The predicted octanol–water partition coefficient (Wildman–Crippen LogP) is 0.433. The molecule has 0 saturated carbocycles. The highest BCUT2D eigenvalue weighted by Crippen LogP contribution is 2.34. The molecule has 0 aliphatic carbocycles. The van der Waals surface area contributed by atoms with Gasteiger partial charge in [0.1, 0.15) is 4.90 Å². The van der Waals surface area contributed by atoms with Gasteiger partial charge in [-0.3, -0.25) is 23.8 Å². The first-order chi connectivity index (χ1) is 13.0. The fraction of sp³-hybridized carbons (Fsp3) is 0. The Morgan fingerprint density at radius 3 is 1.62 bits per heavy atom. The van der Waals surface area contributed by atoms with E-state index in [0.717, 1.165) is 12.1 Å². The van der Waals surface area contributed by atoms with Crippen molar-refractivity contribution in [2.24, 2.45) is 0 Å². The number of hydrogen-bond donors (Lipinski definition) is 5. The summed E-state index contributed by atoms with van der Waals surface area (Å²) in [6, 6.07) is 5.30. The molecule has 2 rings (SSSR count). The lowest BCUT2D eigenvalue weighted by Crippen LogP contribution is -2.03. The summed E-state index contributed by atoms with van der Waals surface area (Å²) in [6.45, 7) is 0. The van der Waals surface area contributed by atoms with E-state index in [2.05, 4.69) is 0 Å². The highest BCUT2D eigenvalue weighted by Gasteiger charge is 2.24. The van der Waals surface area contributed by atoms with E-state index in [4.69, 9.17) is 23.9 Å². The summed E-state index contributed by atoms with van der Waals surface area (Å²) in [6.07, 6.45) is 0. The predicted molar refractivity (Wildman–Crippen MR) is 92.3 cm³/mol. The van der Waals surface area contributed by atoms with E-state index < -0.39 is 67.2 Å². The maximum absolute atomic E-state index is 10.7. The van der Waals surface area contributed by atoms with Crippen molar-refractivity contribution in [1.29, 1.82) is 0 Å². The minimum absolute atomic E-state index is 0.305. The van der Waals surface area contributed by atoms with Crippen molar-refractivity contribution in [2.45, 2.75) is 14.7 Å². The van der Waals surface area contributed by atoms with Crippen molar-refractivity contribution >= 4 is 36.0 Å². The van der Waals surface area contributed by atoms with Crippen molar-refractivity contribution in [3.8, 4) is 11.5 Å². The molecule has 0 bridgehead atoms. The number of nitro benzene ring substituents is 1. The lowest BCUT2D eigenvalue weighted by Gasteiger charge is -2.05. The van der Waals surface area contributed by atoms with Gasteiger partial charge in [-0.1, -0.05) is 12.1 Å². The highest BCUT2D eigenvalue weighted by molar-refractivity contribution is 7.86. The molecule has 0 aliphatic heterocycles. The SMILES string of the molecule is O=S(=O)(O)c1cc(O)c(O)c(S(=O)(=O)O)c1.O=[N+]([O-])c1ccccc1S(=O)(=O)O. The van der Waals surface area contributed by atoms with Gasteiger partial charge < -0.3 is 10.2 Å². The van der Waals surface area contributed by atoms with Gasteiger partial charge in [0.25, 0.3) is 25.9 Å². The number of aromatic hydroxyl groups is 2. The van der Waals surface area contributed by atoms with Crippen molar-refractivity contribution in [3.63, 3.8) is 0 Å². The Kier molecular flexibility index (Phi) is 6.90. The maximum atomic E-state index is 10.7. The van der Waals surface area contributed by atoms with Crippen LogP contribution in [0.3, 0.4) is 0 Å². The zero-order valence-electron chi connectivity index (χ0n) is 13.6. The smallest absolute Gasteiger partial charge is 0.301 e. The second-order valence-corrected chi connectivity index (χ2v) is 9.14. The number of benzene rings is 2. The molecule has 2 aromatic rings. The number of phenols is 2. The van der Waals surface area contributed by atoms with Crippen LogP contribution in [0, 0.1) is 10.1 Å². The second-order valence-electron chi connectivity index (χ2n) is 4.94. The van der Waals surface area contributed by atoms with Crippen molar-refractivity contribution in [1.82, 2.24) is 0 Å². The maximum Gasteiger partial charge on any atom is 0.301 e. The lowest BCUT2D eigenvalue weighted by molar-refractivity contribution is -0.387. The summed E-state index contributed by atoms with van der Waals surface area (Å²) in [5.74, 6) is -2.32. The van der Waals surface area contributed by atoms with Crippen LogP contribution in [-0.4, -0.2) is 54.0 Å². The average molecular weight is 473 g/mol. The number of nitrogens with zero attached hydrogens (tertiary/aromatic N) is 1. The number of rotatable bonds is 4. The fourth-order valence-corrected chi connectivity index (χ4v) is 3.62. The minimum atomic E-state index is -4.92. The van der Waals surface area contributed by atoms with Crippen LogP contribution in [0.15, 0.2) is 51.1 Å². The Morgan fingerprint density at radius 1 is 0.759 bits per heavy atom. The molecule has 5 N–H and O–H groups in total. The van der Waals surface area contributed by atoms with Crippen molar-refractivity contribution in [2.75, 3.05) is 0 Å². The first-order valence-electron chi connectivity index (χ1n) is 6.68. The van der Waals surface area contributed by atoms with Crippen LogP contribution in [0.1, 0.15) is 0 Å². The summed E-state index contributed by atoms with van der Waals surface area (Å²) < 4.78 is 89.7. The van der Waals surface area contributed by atoms with Gasteiger partial charge in [-0.25, -0.2) is 0 Å². The molecule has 0 aliphatic rings. The molecule has 0 heterocycles. The van der Waals surface area contributed by atoms with E-state index >= 15 is 0 Å². The Bertz CT molecular complexity index is 1260. The lowest BCUT2D eigenvalue weighted by atomic mass is 10.3. The molecule has 0 atom stereocenters. The van der Waals surface area contributed by atoms with Gasteiger partial charge in [0.2, 0.25) is 0 Å². The molecule has 14 nitrogen and oxygen atoms in total. The average Bonchev–Trinajstić information content (AvgIpc) is 2.55. The van der Waals surface area contributed by atoms with Crippen LogP contribution in [0.25, 0.3) is 0 Å². The molecule has 0 spiro atoms. The Hall–Kier alpha value is -2.83. The highest BCUT2D eigenvalue weighted by atomic mass is 32.2. The normalized spacial score (nSPS) is 12.0. The van der Waals surface area contributed by atoms with Crippen LogP contribution in [0.2, 0.25) is 0 Å². The fourth-order valence-electron chi connectivity index (χ4n) is 1.74. The van der Waals surface area contributed by atoms with Gasteiger partial charge in [0.15, 0.2) is 16.4 Å². The van der Waals surface area contributed by atoms with Gasteiger partial charge >= 0.3 is 10.1 Å². The van der Waals surface area contributed by atoms with E-state index in [1.807, 2.05) is 0 Å². The molecule has 17 heteroatoms.